The van der Waals surface area contributed by atoms with Crippen LogP contribution in [0.15, 0.2) is 71.6 Å². The molecule has 0 aromatic heterocycles. The number of benzene rings is 3. The van der Waals surface area contributed by atoms with Gasteiger partial charge in [0, 0.05) is 18.1 Å². The third-order valence-corrected chi connectivity index (χ3v) is 8.69. The molecule has 0 saturated heterocycles. The summed E-state index contributed by atoms with van der Waals surface area (Å²) in [5.41, 5.74) is 3.81. The average molecular weight is 584 g/mol. The van der Waals surface area contributed by atoms with E-state index < -0.39 is 28.5 Å². The second-order valence-electron chi connectivity index (χ2n) is 10.1. The highest BCUT2D eigenvalue weighted by Gasteiger charge is 2.32. The molecule has 7 nitrogen and oxygen atoms in total. The lowest BCUT2D eigenvalue weighted by atomic mass is 10.1. The van der Waals surface area contributed by atoms with E-state index in [0.29, 0.717) is 17.3 Å². The van der Waals surface area contributed by atoms with E-state index >= 15 is 0 Å². The van der Waals surface area contributed by atoms with Crippen LogP contribution in [0.4, 0.5) is 5.69 Å². The molecule has 3 aromatic rings. The van der Waals surface area contributed by atoms with E-state index in [2.05, 4.69) is 5.32 Å². The van der Waals surface area contributed by atoms with Crippen LogP contribution in [0.5, 0.6) is 0 Å². The molecule has 3 aromatic carbocycles. The number of rotatable bonds is 12. The Kier molecular flexibility index (Phi) is 10.8. The molecule has 0 saturated carbocycles. The highest BCUT2D eigenvalue weighted by molar-refractivity contribution is 7.92. The normalized spacial score (nSPS) is 12.1. The average Bonchev–Trinajstić information content (AvgIpc) is 2.90. The first-order valence-corrected chi connectivity index (χ1v) is 15.2. The van der Waals surface area contributed by atoms with Gasteiger partial charge in [0.15, 0.2) is 0 Å². The van der Waals surface area contributed by atoms with E-state index in [1.807, 2.05) is 33.8 Å². The van der Waals surface area contributed by atoms with Crippen LogP contribution >= 0.6 is 11.6 Å². The van der Waals surface area contributed by atoms with Crippen molar-refractivity contribution < 1.29 is 18.0 Å². The number of hydrogen-bond acceptors (Lipinski definition) is 4. The number of carbonyl (C=O) groups excluding carboxylic acids is 2. The molecule has 0 spiro atoms. The molecule has 2 amide bonds. The van der Waals surface area contributed by atoms with Crippen LogP contribution in [0.25, 0.3) is 0 Å². The molecule has 0 heterocycles. The Morgan fingerprint density at radius 1 is 0.900 bits per heavy atom. The van der Waals surface area contributed by atoms with Crippen LogP contribution in [0.3, 0.4) is 0 Å². The molecular weight excluding hydrogens is 546 g/mol. The minimum Gasteiger partial charge on any atom is -0.354 e. The zero-order valence-corrected chi connectivity index (χ0v) is 25.3. The van der Waals surface area contributed by atoms with Crippen molar-refractivity contribution in [2.24, 2.45) is 0 Å². The summed E-state index contributed by atoms with van der Waals surface area (Å²) in [5, 5.41) is 3.44. The largest absolute Gasteiger partial charge is 0.354 e. The van der Waals surface area contributed by atoms with Crippen molar-refractivity contribution in [3.63, 3.8) is 0 Å². The van der Waals surface area contributed by atoms with Crippen LogP contribution in [0, 0.1) is 20.8 Å². The lowest BCUT2D eigenvalue weighted by Crippen LogP contribution is -2.51. The molecule has 214 valence electrons. The molecule has 0 aliphatic heterocycles. The van der Waals surface area contributed by atoms with E-state index in [0.717, 1.165) is 39.4 Å². The summed E-state index contributed by atoms with van der Waals surface area (Å²) >= 11 is 6.06. The number of carbonyl (C=O) groups is 2. The van der Waals surface area contributed by atoms with E-state index in [1.54, 1.807) is 67.6 Å². The molecule has 3 rings (SSSR count). The minimum absolute atomic E-state index is 0.0830. The van der Waals surface area contributed by atoms with Gasteiger partial charge in [0.1, 0.15) is 12.6 Å². The Morgan fingerprint density at radius 2 is 1.50 bits per heavy atom. The topological polar surface area (TPSA) is 86.8 Å². The number of halogens is 1. The lowest BCUT2D eigenvalue weighted by Gasteiger charge is -2.32. The maximum atomic E-state index is 14.0. The third-order valence-electron chi connectivity index (χ3n) is 6.65. The van der Waals surface area contributed by atoms with Crippen molar-refractivity contribution in [2.45, 2.75) is 64.9 Å². The molecule has 0 aliphatic rings. The van der Waals surface area contributed by atoms with Gasteiger partial charge in [-0.15, -0.1) is 0 Å². The van der Waals surface area contributed by atoms with Gasteiger partial charge < -0.3 is 10.2 Å². The van der Waals surface area contributed by atoms with Crippen LogP contribution in [-0.4, -0.2) is 44.3 Å². The molecule has 40 heavy (non-hydrogen) atoms. The molecule has 0 fully saturated rings. The standard InChI is InChI=1S/C31H38ClN3O4S/c1-6-7-16-33-31(37)25(5)34(20-26-10-12-27(32)13-11-26)30(36)21-35(28-18-23(3)17-24(4)19-28)40(38,39)29-14-8-22(2)9-15-29/h8-15,17-19,25H,6-7,16,20-21H2,1-5H3,(H,33,37). The van der Waals surface area contributed by atoms with Crippen molar-refractivity contribution in [3.05, 3.63) is 94.0 Å². The summed E-state index contributed by atoms with van der Waals surface area (Å²) in [6.45, 7) is 9.47. The smallest absolute Gasteiger partial charge is 0.264 e. The van der Waals surface area contributed by atoms with Gasteiger partial charge in [0.25, 0.3) is 10.0 Å². The first kappa shape index (κ1) is 31.2. The molecule has 0 radical (unpaired) electrons. The Morgan fingerprint density at radius 3 is 2.08 bits per heavy atom. The summed E-state index contributed by atoms with van der Waals surface area (Å²) in [5.74, 6) is -0.793. The van der Waals surface area contributed by atoms with Crippen LogP contribution < -0.4 is 9.62 Å². The predicted molar refractivity (Wildman–Crippen MR) is 161 cm³/mol. The summed E-state index contributed by atoms with van der Waals surface area (Å²) in [4.78, 5) is 28.5. The Bertz CT molecular complexity index is 1400. The fourth-order valence-electron chi connectivity index (χ4n) is 4.37. The van der Waals surface area contributed by atoms with Gasteiger partial charge in [-0.1, -0.05) is 60.8 Å². The van der Waals surface area contributed by atoms with Gasteiger partial charge in [0.05, 0.1) is 10.6 Å². The van der Waals surface area contributed by atoms with Gasteiger partial charge in [-0.3, -0.25) is 13.9 Å². The van der Waals surface area contributed by atoms with Crippen LogP contribution in [0.1, 0.15) is 48.9 Å². The number of amides is 2. The number of nitrogens with zero attached hydrogens (tertiary/aromatic N) is 2. The van der Waals surface area contributed by atoms with Crippen molar-refractivity contribution in [1.29, 1.82) is 0 Å². The molecule has 0 aliphatic carbocycles. The molecule has 0 bridgehead atoms. The predicted octanol–water partition coefficient (Wildman–Crippen LogP) is 5.79. The van der Waals surface area contributed by atoms with Gasteiger partial charge in [-0.25, -0.2) is 8.42 Å². The van der Waals surface area contributed by atoms with Crippen molar-refractivity contribution >= 4 is 39.1 Å². The Hall–Kier alpha value is -3.36. The van der Waals surface area contributed by atoms with Gasteiger partial charge >= 0.3 is 0 Å². The monoisotopic (exact) mass is 583 g/mol. The first-order chi connectivity index (χ1) is 18.9. The minimum atomic E-state index is -4.11. The van der Waals surface area contributed by atoms with E-state index in [1.165, 1.54) is 4.90 Å². The maximum Gasteiger partial charge on any atom is 0.264 e. The molecule has 1 atom stereocenters. The highest BCUT2D eigenvalue weighted by Crippen LogP contribution is 2.27. The van der Waals surface area contributed by atoms with E-state index in [-0.39, 0.29) is 17.3 Å². The maximum absolute atomic E-state index is 14.0. The fraction of sp³-hybridized carbons (Fsp3) is 0.355. The van der Waals surface area contributed by atoms with Crippen molar-refractivity contribution in [1.82, 2.24) is 10.2 Å². The van der Waals surface area contributed by atoms with Gasteiger partial charge in [-0.05, 0) is 87.2 Å². The summed E-state index contributed by atoms with van der Waals surface area (Å²) in [6, 6.07) is 18.1. The van der Waals surface area contributed by atoms with Gasteiger partial charge in [-0.2, -0.15) is 0 Å². The summed E-state index contributed by atoms with van der Waals surface area (Å²) in [6.07, 6.45) is 1.74. The number of aryl methyl sites for hydroxylation is 3. The molecule has 1 N–H and O–H groups in total. The van der Waals surface area contributed by atoms with Crippen molar-refractivity contribution in [2.75, 3.05) is 17.4 Å². The molecule has 1 unspecified atom stereocenters. The molecule has 9 heteroatoms. The zero-order valence-electron chi connectivity index (χ0n) is 23.8. The number of sulfonamides is 1. The first-order valence-electron chi connectivity index (χ1n) is 13.4. The second kappa shape index (κ2) is 13.8. The number of hydrogen-bond donors (Lipinski definition) is 1. The number of anilines is 1. The van der Waals surface area contributed by atoms with Crippen LogP contribution in [0.2, 0.25) is 5.02 Å². The summed E-state index contributed by atoms with van der Waals surface area (Å²) in [7, 11) is -4.11. The SMILES string of the molecule is CCCCNC(=O)C(C)N(Cc1ccc(Cl)cc1)C(=O)CN(c1cc(C)cc(C)c1)S(=O)(=O)c1ccc(C)cc1. The van der Waals surface area contributed by atoms with Crippen molar-refractivity contribution in [3.8, 4) is 0 Å². The molecular formula is C31H38ClN3O4S. The quantitative estimate of drug-likeness (QED) is 0.273. The zero-order chi connectivity index (χ0) is 29.4. The van der Waals surface area contributed by atoms with Gasteiger partial charge in [0.2, 0.25) is 11.8 Å². The number of nitrogens with one attached hydrogen (secondary N) is 1. The van der Waals surface area contributed by atoms with E-state index in [4.69, 9.17) is 11.6 Å². The summed E-state index contributed by atoms with van der Waals surface area (Å²) < 4.78 is 29.1. The highest BCUT2D eigenvalue weighted by atomic mass is 35.5. The van der Waals surface area contributed by atoms with Crippen LogP contribution in [-0.2, 0) is 26.2 Å². The Balaban J connectivity index is 2.03. The third kappa shape index (κ3) is 8.08. The van der Waals surface area contributed by atoms with E-state index in [9.17, 15) is 18.0 Å². The second-order valence-corrected chi connectivity index (χ2v) is 12.4. The lowest BCUT2D eigenvalue weighted by molar-refractivity contribution is -0.139. The Labute approximate surface area is 243 Å². The fourth-order valence-corrected chi connectivity index (χ4v) is 5.89. The number of unbranched alkanes of at least 4 members (excludes halogenated alkanes) is 1.